The van der Waals surface area contributed by atoms with Gasteiger partial charge < -0.3 is 19.9 Å². The highest BCUT2D eigenvalue weighted by Crippen LogP contribution is 2.34. The zero-order valence-corrected chi connectivity index (χ0v) is 20.2. The van der Waals surface area contributed by atoms with Crippen molar-refractivity contribution in [1.82, 2.24) is 15.2 Å². The van der Waals surface area contributed by atoms with Crippen molar-refractivity contribution in [1.29, 1.82) is 0 Å². The lowest BCUT2D eigenvalue weighted by molar-refractivity contribution is 0.0956. The predicted octanol–water partition coefficient (Wildman–Crippen LogP) is 5.70. The molecule has 2 heterocycles. The Kier molecular flexibility index (Phi) is 8.07. The molecule has 10 heteroatoms. The Balaban J connectivity index is 1.36. The van der Waals surface area contributed by atoms with Crippen LogP contribution in [-0.2, 0) is 17.7 Å². The van der Waals surface area contributed by atoms with Crippen LogP contribution in [-0.4, -0.2) is 48.6 Å². The number of benzene rings is 2. The van der Waals surface area contributed by atoms with Crippen molar-refractivity contribution in [3.8, 4) is 11.3 Å². The lowest BCUT2D eigenvalue weighted by atomic mass is 9.99. The van der Waals surface area contributed by atoms with E-state index in [0.29, 0.717) is 43.7 Å². The van der Waals surface area contributed by atoms with E-state index in [1.165, 1.54) is 17.0 Å². The van der Waals surface area contributed by atoms with E-state index in [-0.39, 0.29) is 12.0 Å². The van der Waals surface area contributed by atoms with Crippen molar-refractivity contribution < 1.29 is 18.7 Å². The van der Waals surface area contributed by atoms with E-state index in [9.17, 15) is 14.0 Å². The van der Waals surface area contributed by atoms with Gasteiger partial charge in [-0.25, -0.2) is 9.18 Å². The summed E-state index contributed by atoms with van der Waals surface area (Å²) in [6.45, 7) is 1.73. The minimum atomic E-state index is -0.454. The molecule has 2 N–H and O–H groups in total. The molecule has 36 heavy (non-hydrogen) atoms. The van der Waals surface area contributed by atoms with E-state index >= 15 is 0 Å². The number of halogens is 1. The van der Waals surface area contributed by atoms with Crippen LogP contribution in [0.2, 0.25) is 0 Å². The van der Waals surface area contributed by atoms with Crippen molar-refractivity contribution in [3.05, 3.63) is 69.3 Å². The molecule has 4 rings (SSSR count). The van der Waals surface area contributed by atoms with Crippen LogP contribution in [0.3, 0.4) is 0 Å². The van der Waals surface area contributed by atoms with E-state index in [1.54, 1.807) is 7.05 Å². The molecule has 0 atom stereocenters. The quantitative estimate of drug-likeness (QED) is 0.163. The summed E-state index contributed by atoms with van der Waals surface area (Å²) in [5.74, 6) is -0.719. The number of aromatic nitrogens is 1. The number of carbonyl (C=O) groups is 2. The number of amides is 2. The Labute approximate surface area is 208 Å². The van der Waals surface area contributed by atoms with Crippen molar-refractivity contribution in [2.75, 3.05) is 26.7 Å². The second kappa shape index (κ2) is 11.6. The monoisotopic (exact) mass is 492 g/mol. The largest absolute Gasteiger partial charge is 0.449 e. The van der Waals surface area contributed by atoms with Crippen LogP contribution < -0.4 is 5.32 Å². The minimum Gasteiger partial charge on any atom is -0.449 e. The number of carbonyl (C=O) groups excluding carboxylic acids is 2. The van der Waals surface area contributed by atoms with Crippen LogP contribution in [0, 0.1) is 5.82 Å². The maximum Gasteiger partial charge on any atom is 0.409 e. The standard InChI is InChI=1S/C26H29FN6O3/c1-33(26(35)36-13-5-3-2-4-11-30-32-28)16-17-6-8-18(9-7-17)24-20-10-12-29-25(34)21-14-19(27)15-22(31-24)23(20)21/h6-9,14-15,31H,2-5,10-13,16H2,1H3,(H,29,34). The Morgan fingerprint density at radius 1 is 1.19 bits per heavy atom. The van der Waals surface area contributed by atoms with Gasteiger partial charge in [0.05, 0.1) is 12.2 Å². The highest BCUT2D eigenvalue weighted by molar-refractivity contribution is 6.10. The van der Waals surface area contributed by atoms with Gasteiger partial charge in [-0.3, -0.25) is 4.79 Å². The van der Waals surface area contributed by atoms with Crippen molar-refractivity contribution in [2.24, 2.45) is 5.11 Å². The Morgan fingerprint density at radius 3 is 2.75 bits per heavy atom. The first-order valence-corrected chi connectivity index (χ1v) is 12.1. The van der Waals surface area contributed by atoms with Crippen LogP contribution in [0.5, 0.6) is 0 Å². The topological polar surface area (TPSA) is 123 Å². The molecule has 0 spiro atoms. The van der Waals surface area contributed by atoms with Gasteiger partial charge in [-0.05, 0) is 53.6 Å². The third-order valence-electron chi connectivity index (χ3n) is 6.29. The molecule has 1 aliphatic heterocycles. The number of hydrogen-bond donors (Lipinski definition) is 2. The first-order chi connectivity index (χ1) is 17.5. The summed E-state index contributed by atoms with van der Waals surface area (Å²) in [4.78, 5) is 32.2. The molecule has 2 aromatic carbocycles. The normalized spacial score (nSPS) is 12.6. The van der Waals surface area contributed by atoms with Gasteiger partial charge in [-0.15, -0.1) is 0 Å². The van der Waals surface area contributed by atoms with Gasteiger partial charge >= 0.3 is 6.09 Å². The summed E-state index contributed by atoms with van der Waals surface area (Å²) in [6, 6.07) is 10.5. The summed E-state index contributed by atoms with van der Waals surface area (Å²) in [7, 11) is 1.70. The molecule has 0 aliphatic carbocycles. The van der Waals surface area contributed by atoms with E-state index in [1.807, 2.05) is 24.3 Å². The lowest BCUT2D eigenvalue weighted by Crippen LogP contribution is -2.27. The molecular formula is C26H29FN6O3. The molecule has 0 bridgehead atoms. The Morgan fingerprint density at radius 2 is 1.97 bits per heavy atom. The third kappa shape index (κ3) is 5.78. The van der Waals surface area contributed by atoms with E-state index in [0.717, 1.165) is 53.5 Å². The first kappa shape index (κ1) is 25.1. The molecule has 0 radical (unpaired) electrons. The van der Waals surface area contributed by atoms with Crippen molar-refractivity contribution in [2.45, 2.75) is 38.6 Å². The number of azide groups is 1. The van der Waals surface area contributed by atoms with Crippen LogP contribution in [0.1, 0.15) is 47.2 Å². The maximum atomic E-state index is 14.1. The van der Waals surface area contributed by atoms with E-state index in [2.05, 4.69) is 20.3 Å². The van der Waals surface area contributed by atoms with Crippen molar-refractivity contribution >= 4 is 22.9 Å². The van der Waals surface area contributed by atoms with Gasteiger partial charge in [0.25, 0.3) is 5.91 Å². The van der Waals surface area contributed by atoms with E-state index < -0.39 is 5.82 Å². The average molecular weight is 493 g/mol. The molecule has 1 aliphatic rings. The Bertz CT molecular complexity index is 1300. The number of rotatable bonds is 10. The fourth-order valence-corrected chi connectivity index (χ4v) is 4.51. The number of H-pyrrole nitrogens is 1. The van der Waals surface area contributed by atoms with E-state index in [4.69, 9.17) is 10.3 Å². The lowest BCUT2D eigenvalue weighted by Gasteiger charge is -2.17. The molecule has 0 fully saturated rings. The third-order valence-corrected chi connectivity index (χ3v) is 6.29. The Hall–Kier alpha value is -4.04. The number of nitrogens with zero attached hydrogens (tertiary/aromatic N) is 4. The highest BCUT2D eigenvalue weighted by atomic mass is 19.1. The molecule has 3 aromatic rings. The number of hydrogen-bond acceptors (Lipinski definition) is 4. The summed E-state index contributed by atoms with van der Waals surface area (Å²) in [5, 5.41) is 7.10. The van der Waals surface area contributed by atoms with Gasteiger partial charge in [0.2, 0.25) is 0 Å². The second-order valence-electron chi connectivity index (χ2n) is 8.90. The molecule has 2 amide bonds. The van der Waals surface area contributed by atoms with Gasteiger partial charge in [0.15, 0.2) is 0 Å². The maximum absolute atomic E-state index is 14.1. The number of nitrogens with one attached hydrogen (secondary N) is 2. The minimum absolute atomic E-state index is 0.264. The molecule has 0 unspecified atom stereocenters. The molecule has 0 saturated carbocycles. The highest BCUT2D eigenvalue weighted by Gasteiger charge is 2.23. The smallest absolute Gasteiger partial charge is 0.409 e. The summed E-state index contributed by atoms with van der Waals surface area (Å²) < 4.78 is 19.5. The predicted molar refractivity (Wildman–Crippen MR) is 135 cm³/mol. The summed E-state index contributed by atoms with van der Waals surface area (Å²) >= 11 is 0. The molecule has 188 valence electrons. The zero-order valence-electron chi connectivity index (χ0n) is 20.2. The average Bonchev–Trinajstić information content (AvgIpc) is 3.14. The van der Waals surface area contributed by atoms with Crippen LogP contribution >= 0.6 is 0 Å². The fourth-order valence-electron chi connectivity index (χ4n) is 4.51. The molecular weight excluding hydrogens is 463 g/mol. The second-order valence-corrected chi connectivity index (χ2v) is 8.90. The van der Waals surface area contributed by atoms with Crippen LogP contribution in [0.4, 0.5) is 9.18 Å². The van der Waals surface area contributed by atoms with Gasteiger partial charge in [0.1, 0.15) is 5.82 Å². The number of ether oxygens (including phenoxy) is 1. The van der Waals surface area contributed by atoms with Gasteiger partial charge in [-0.1, -0.05) is 42.2 Å². The molecule has 0 saturated heterocycles. The van der Waals surface area contributed by atoms with Crippen LogP contribution in [0.25, 0.3) is 32.6 Å². The fraction of sp³-hybridized carbons (Fsp3) is 0.385. The van der Waals surface area contributed by atoms with Gasteiger partial charge in [-0.2, -0.15) is 0 Å². The first-order valence-electron chi connectivity index (χ1n) is 12.1. The summed E-state index contributed by atoms with van der Waals surface area (Å²) in [5.41, 5.74) is 12.9. The summed E-state index contributed by atoms with van der Waals surface area (Å²) in [6.07, 6.45) is 3.71. The molecule has 9 nitrogen and oxygen atoms in total. The van der Waals surface area contributed by atoms with Gasteiger partial charge in [0, 0.05) is 48.2 Å². The van der Waals surface area contributed by atoms with Crippen molar-refractivity contribution in [3.63, 3.8) is 0 Å². The van der Waals surface area contributed by atoms with Crippen LogP contribution in [0.15, 0.2) is 41.5 Å². The zero-order chi connectivity index (χ0) is 25.5. The SMILES string of the molecule is CN(Cc1ccc(-c2[nH]c3cc(F)cc4c3c2CCNC4=O)cc1)C(=O)OCCCCCCN=[N+]=[N-]. The molecule has 1 aromatic heterocycles. The number of unbranched alkanes of at least 4 members (excludes halogenated alkanes) is 3. The number of aromatic amines is 1.